The van der Waals surface area contributed by atoms with Crippen LogP contribution in [0.15, 0.2) is 6.07 Å². The lowest BCUT2D eigenvalue weighted by Gasteiger charge is -2.34. The lowest BCUT2D eigenvalue weighted by molar-refractivity contribution is -0.133. The summed E-state index contributed by atoms with van der Waals surface area (Å²) in [4.78, 5) is 28.7. The molecule has 7 heteroatoms. The molecule has 1 aromatic rings. The number of nitrogens with zero attached hydrogens (tertiary/aromatic N) is 4. The minimum atomic E-state index is -0.0333. The Morgan fingerprint density at radius 2 is 1.88 bits per heavy atom. The van der Waals surface area contributed by atoms with E-state index in [9.17, 15) is 9.59 Å². The molecule has 0 spiro atoms. The van der Waals surface area contributed by atoms with Crippen molar-refractivity contribution in [3.05, 3.63) is 11.8 Å². The zero-order valence-corrected chi connectivity index (χ0v) is 16.0. The Labute approximate surface area is 155 Å². The first-order valence-corrected chi connectivity index (χ1v) is 9.82. The molecule has 1 aromatic heterocycles. The number of aromatic nitrogens is 2. The third-order valence-corrected chi connectivity index (χ3v) is 5.60. The summed E-state index contributed by atoms with van der Waals surface area (Å²) >= 11 is 0. The van der Waals surface area contributed by atoms with Crippen molar-refractivity contribution in [3.8, 4) is 0 Å². The SMILES string of the molecule is Cc1cc(NC(=O)CN2CCN(C(=O)CCC3CCCC3)CC2)n(C)n1. The van der Waals surface area contributed by atoms with E-state index in [1.54, 1.807) is 4.68 Å². The number of anilines is 1. The van der Waals surface area contributed by atoms with Crippen molar-refractivity contribution in [1.29, 1.82) is 0 Å². The second-order valence-corrected chi connectivity index (χ2v) is 7.69. The Morgan fingerprint density at radius 3 is 2.50 bits per heavy atom. The maximum Gasteiger partial charge on any atom is 0.239 e. The van der Waals surface area contributed by atoms with Gasteiger partial charge in [-0.1, -0.05) is 25.7 Å². The molecule has 144 valence electrons. The molecule has 0 atom stereocenters. The molecule has 2 amide bonds. The van der Waals surface area contributed by atoms with E-state index in [0.29, 0.717) is 18.8 Å². The van der Waals surface area contributed by atoms with Gasteiger partial charge in [0.2, 0.25) is 11.8 Å². The molecule has 3 rings (SSSR count). The number of hydrogen-bond donors (Lipinski definition) is 1. The highest BCUT2D eigenvalue weighted by Crippen LogP contribution is 2.28. The smallest absolute Gasteiger partial charge is 0.239 e. The van der Waals surface area contributed by atoms with Gasteiger partial charge < -0.3 is 10.2 Å². The maximum absolute atomic E-state index is 12.4. The third kappa shape index (κ3) is 5.06. The third-order valence-electron chi connectivity index (χ3n) is 5.60. The summed E-state index contributed by atoms with van der Waals surface area (Å²) in [6.07, 6.45) is 6.99. The second-order valence-electron chi connectivity index (χ2n) is 7.69. The van der Waals surface area contributed by atoms with E-state index in [4.69, 9.17) is 0 Å². The Kier molecular flexibility index (Phi) is 6.29. The van der Waals surface area contributed by atoms with Crippen molar-refractivity contribution < 1.29 is 9.59 Å². The minimum Gasteiger partial charge on any atom is -0.340 e. The van der Waals surface area contributed by atoms with Gasteiger partial charge in [0.1, 0.15) is 5.82 Å². The Balaban J connectivity index is 1.37. The topological polar surface area (TPSA) is 70.5 Å². The van der Waals surface area contributed by atoms with E-state index in [1.165, 1.54) is 25.7 Å². The lowest BCUT2D eigenvalue weighted by Crippen LogP contribution is -2.50. The first kappa shape index (κ1) is 18.9. The van der Waals surface area contributed by atoms with Gasteiger partial charge in [-0.05, 0) is 19.3 Å². The minimum absolute atomic E-state index is 0.0333. The second kappa shape index (κ2) is 8.66. The van der Waals surface area contributed by atoms with Gasteiger partial charge in [-0.2, -0.15) is 5.10 Å². The molecule has 1 N–H and O–H groups in total. The van der Waals surface area contributed by atoms with Gasteiger partial charge in [0.15, 0.2) is 0 Å². The molecule has 2 heterocycles. The summed E-state index contributed by atoms with van der Waals surface area (Å²) in [5.41, 5.74) is 0.882. The van der Waals surface area contributed by atoms with Crippen LogP contribution in [0, 0.1) is 12.8 Å². The summed E-state index contributed by atoms with van der Waals surface area (Å²) in [5, 5.41) is 7.13. The molecule has 1 aliphatic heterocycles. The van der Waals surface area contributed by atoms with E-state index in [1.807, 2.05) is 24.9 Å². The fourth-order valence-electron chi connectivity index (χ4n) is 4.05. The van der Waals surface area contributed by atoms with Gasteiger partial charge in [-0.15, -0.1) is 0 Å². The van der Waals surface area contributed by atoms with Crippen LogP contribution in [0.1, 0.15) is 44.2 Å². The van der Waals surface area contributed by atoms with Crippen LogP contribution in [-0.4, -0.2) is 64.1 Å². The molecule has 0 unspecified atom stereocenters. The monoisotopic (exact) mass is 361 g/mol. The van der Waals surface area contributed by atoms with Gasteiger partial charge in [0, 0.05) is 45.7 Å². The van der Waals surface area contributed by atoms with Gasteiger partial charge in [0.05, 0.1) is 12.2 Å². The molecule has 7 nitrogen and oxygen atoms in total. The van der Waals surface area contributed by atoms with Crippen LogP contribution in [0.4, 0.5) is 5.82 Å². The zero-order chi connectivity index (χ0) is 18.5. The molecule has 0 bridgehead atoms. The van der Waals surface area contributed by atoms with Crippen LogP contribution in [-0.2, 0) is 16.6 Å². The number of carbonyl (C=O) groups is 2. The van der Waals surface area contributed by atoms with Crippen molar-refractivity contribution in [2.24, 2.45) is 13.0 Å². The molecule has 1 aliphatic carbocycles. The molecule has 1 saturated heterocycles. The first-order chi connectivity index (χ1) is 12.5. The van der Waals surface area contributed by atoms with E-state index in [0.717, 1.165) is 44.2 Å². The van der Waals surface area contributed by atoms with Crippen LogP contribution in [0.5, 0.6) is 0 Å². The highest BCUT2D eigenvalue weighted by Gasteiger charge is 2.24. The molecule has 2 fully saturated rings. The molecule has 0 radical (unpaired) electrons. The molecule has 0 aromatic carbocycles. The van der Waals surface area contributed by atoms with E-state index in [2.05, 4.69) is 15.3 Å². The summed E-state index contributed by atoms with van der Waals surface area (Å²) in [6.45, 7) is 5.22. The number of carbonyl (C=O) groups excluding carboxylic acids is 2. The molecule has 1 saturated carbocycles. The summed E-state index contributed by atoms with van der Waals surface area (Å²) in [5.74, 6) is 1.73. The Morgan fingerprint density at radius 1 is 1.19 bits per heavy atom. The first-order valence-electron chi connectivity index (χ1n) is 9.82. The van der Waals surface area contributed by atoms with Crippen molar-refractivity contribution in [1.82, 2.24) is 19.6 Å². The molecule has 26 heavy (non-hydrogen) atoms. The average molecular weight is 361 g/mol. The van der Waals surface area contributed by atoms with Crippen LogP contribution < -0.4 is 5.32 Å². The molecular weight excluding hydrogens is 330 g/mol. The van der Waals surface area contributed by atoms with Crippen LogP contribution in [0.2, 0.25) is 0 Å². The standard InChI is InChI=1S/C19H31N5O2/c1-15-13-17(22(2)21-15)20-18(25)14-23-9-11-24(12-10-23)19(26)8-7-16-5-3-4-6-16/h13,16H,3-12,14H2,1-2H3,(H,20,25). The van der Waals surface area contributed by atoms with Gasteiger partial charge in [-0.25, -0.2) is 0 Å². The highest BCUT2D eigenvalue weighted by molar-refractivity contribution is 5.91. The molecule has 2 aliphatic rings. The van der Waals surface area contributed by atoms with E-state index >= 15 is 0 Å². The van der Waals surface area contributed by atoms with Crippen LogP contribution >= 0.6 is 0 Å². The van der Waals surface area contributed by atoms with E-state index < -0.39 is 0 Å². The lowest BCUT2D eigenvalue weighted by atomic mass is 10.0. The van der Waals surface area contributed by atoms with Crippen molar-refractivity contribution in [2.75, 3.05) is 38.0 Å². The van der Waals surface area contributed by atoms with Crippen LogP contribution in [0.25, 0.3) is 0 Å². The Bertz CT molecular complexity index is 628. The number of piperazine rings is 1. The summed E-state index contributed by atoms with van der Waals surface area (Å²) in [7, 11) is 1.82. The number of hydrogen-bond acceptors (Lipinski definition) is 4. The maximum atomic E-state index is 12.4. The van der Waals surface area contributed by atoms with E-state index in [-0.39, 0.29) is 11.8 Å². The van der Waals surface area contributed by atoms with Gasteiger partial charge in [0.25, 0.3) is 0 Å². The fourth-order valence-corrected chi connectivity index (χ4v) is 4.05. The number of aryl methyl sites for hydroxylation is 2. The van der Waals surface area contributed by atoms with Gasteiger partial charge >= 0.3 is 0 Å². The Hall–Kier alpha value is -1.89. The number of amides is 2. The quantitative estimate of drug-likeness (QED) is 0.838. The van der Waals surface area contributed by atoms with Crippen molar-refractivity contribution >= 4 is 17.6 Å². The van der Waals surface area contributed by atoms with Gasteiger partial charge in [-0.3, -0.25) is 19.2 Å². The van der Waals surface area contributed by atoms with Crippen LogP contribution in [0.3, 0.4) is 0 Å². The summed E-state index contributed by atoms with van der Waals surface area (Å²) in [6, 6.07) is 1.86. The van der Waals surface area contributed by atoms with Crippen molar-refractivity contribution in [2.45, 2.75) is 45.4 Å². The number of nitrogens with one attached hydrogen (secondary N) is 1. The number of rotatable bonds is 6. The fraction of sp³-hybridized carbons (Fsp3) is 0.737. The predicted octanol–water partition coefficient (Wildman–Crippen LogP) is 1.78. The normalized spacial score (nSPS) is 19.1. The van der Waals surface area contributed by atoms with Crippen molar-refractivity contribution in [3.63, 3.8) is 0 Å². The average Bonchev–Trinajstić information content (AvgIpc) is 3.23. The largest absolute Gasteiger partial charge is 0.340 e. The molecular formula is C19H31N5O2. The predicted molar refractivity (Wildman–Crippen MR) is 101 cm³/mol. The highest BCUT2D eigenvalue weighted by atomic mass is 16.2. The summed E-state index contributed by atoms with van der Waals surface area (Å²) < 4.78 is 1.67. The zero-order valence-electron chi connectivity index (χ0n) is 16.0.